The number of Topliss-reactive ketones (excluding diaryl/α,β-unsaturated/α-hetero) is 1. The maximum atomic E-state index is 13.7. The number of nitrogens with one attached hydrogen (secondary N) is 1. The van der Waals surface area contributed by atoms with Gasteiger partial charge in [0.25, 0.3) is 5.91 Å². The highest BCUT2D eigenvalue weighted by Gasteiger charge is 2.29. The maximum absolute atomic E-state index is 13.7. The van der Waals surface area contributed by atoms with Crippen molar-refractivity contribution in [2.75, 3.05) is 32.8 Å². The van der Waals surface area contributed by atoms with Crippen LogP contribution < -0.4 is 0 Å². The Morgan fingerprint density at radius 2 is 1.87 bits per heavy atom. The second-order valence-electron chi connectivity index (χ2n) is 8.07. The summed E-state index contributed by atoms with van der Waals surface area (Å²) in [5.74, 6) is -0.0531. The number of H-pyrrole nitrogens is 1. The number of aryl methyl sites for hydroxylation is 1. The Bertz CT molecular complexity index is 869. The molecule has 0 bridgehead atoms. The van der Waals surface area contributed by atoms with Crippen molar-refractivity contribution < 1.29 is 14.3 Å². The van der Waals surface area contributed by atoms with Crippen LogP contribution >= 0.6 is 0 Å². The topological polar surface area (TPSA) is 65.6 Å². The van der Waals surface area contributed by atoms with Crippen molar-refractivity contribution in [3.63, 3.8) is 0 Å². The number of hydrogen-bond acceptors (Lipinski definition) is 4. The second-order valence-corrected chi connectivity index (χ2v) is 8.07. The van der Waals surface area contributed by atoms with Crippen LogP contribution in [0.15, 0.2) is 30.3 Å². The van der Waals surface area contributed by atoms with Crippen LogP contribution in [0.1, 0.15) is 58.4 Å². The third kappa shape index (κ3) is 4.99. The number of nitrogens with zero attached hydrogens (tertiary/aromatic N) is 2. The van der Waals surface area contributed by atoms with E-state index in [1.165, 1.54) is 0 Å². The Hall–Kier alpha value is -2.44. The van der Waals surface area contributed by atoms with Gasteiger partial charge in [0.1, 0.15) is 5.69 Å². The summed E-state index contributed by atoms with van der Waals surface area (Å²) in [6, 6.07) is 10.1. The number of ketones is 1. The van der Waals surface area contributed by atoms with E-state index in [0.717, 1.165) is 49.7 Å². The first-order chi connectivity index (χ1) is 14.4. The van der Waals surface area contributed by atoms with Gasteiger partial charge in [-0.1, -0.05) is 37.3 Å². The van der Waals surface area contributed by atoms with Crippen molar-refractivity contribution in [1.29, 1.82) is 0 Å². The van der Waals surface area contributed by atoms with Crippen LogP contribution in [0.5, 0.6) is 0 Å². The molecule has 1 aliphatic heterocycles. The van der Waals surface area contributed by atoms with Crippen molar-refractivity contribution in [2.24, 2.45) is 0 Å². The van der Waals surface area contributed by atoms with Crippen LogP contribution in [0.25, 0.3) is 0 Å². The number of hydrogen-bond donors (Lipinski definition) is 1. The molecule has 162 valence electrons. The van der Waals surface area contributed by atoms with E-state index in [2.05, 4.69) is 16.8 Å². The summed E-state index contributed by atoms with van der Waals surface area (Å²) >= 11 is 0. The van der Waals surface area contributed by atoms with Crippen molar-refractivity contribution in [1.82, 2.24) is 14.8 Å². The maximum Gasteiger partial charge on any atom is 0.271 e. The Labute approximate surface area is 179 Å². The van der Waals surface area contributed by atoms with Gasteiger partial charge in [-0.25, -0.2) is 0 Å². The first kappa shape index (κ1) is 22.2. The van der Waals surface area contributed by atoms with Gasteiger partial charge in [0, 0.05) is 43.5 Å². The van der Waals surface area contributed by atoms with Crippen molar-refractivity contribution >= 4 is 11.7 Å². The molecule has 1 aliphatic rings. The van der Waals surface area contributed by atoms with Crippen molar-refractivity contribution in [3.05, 3.63) is 58.4 Å². The van der Waals surface area contributed by atoms with Crippen LogP contribution in [0.2, 0.25) is 0 Å². The largest absolute Gasteiger partial charge is 0.379 e. The first-order valence-corrected chi connectivity index (χ1v) is 10.8. The van der Waals surface area contributed by atoms with Crippen LogP contribution in [-0.4, -0.2) is 65.4 Å². The van der Waals surface area contributed by atoms with E-state index in [-0.39, 0.29) is 17.7 Å². The van der Waals surface area contributed by atoms with Gasteiger partial charge in [-0.15, -0.1) is 0 Å². The molecule has 6 heteroatoms. The predicted molar refractivity (Wildman–Crippen MR) is 118 cm³/mol. The number of benzene rings is 1. The van der Waals surface area contributed by atoms with E-state index in [1.807, 2.05) is 49.1 Å². The molecular weight excluding hydrogens is 378 g/mol. The van der Waals surface area contributed by atoms with E-state index in [1.54, 1.807) is 6.92 Å². The fourth-order valence-corrected chi connectivity index (χ4v) is 4.30. The molecule has 1 N–H and O–H groups in total. The summed E-state index contributed by atoms with van der Waals surface area (Å²) in [5, 5.41) is 0. The summed E-state index contributed by atoms with van der Waals surface area (Å²) in [5.41, 5.74) is 3.88. The van der Waals surface area contributed by atoms with Gasteiger partial charge in [0.15, 0.2) is 5.78 Å². The molecule has 0 unspecified atom stereocenters. The number of aromatic amines is 1. The van der Waals surface area contributed by atoms with Gasteiger partial charge in [-0.05, 0) is 38.3 Å². The molecule has 3 rings (SSSR count). The standard InChI is InChI=1S/C24H33N3O3/c1-5-21-22(19(4)28)18(3)25-23(21)24(29)27(16-20-9-7-6-8-10-20)17(2)15-26-11-13-30-14-12-26/h6-10,17,25H,5,11-16H2,1-4H3/t17-/m1/s1. The Kier molecular flexibility index (Phi) is 7.45. The molecule has 0 spiro atoms. The minimum atomic E-state index is -0.0490. The molecule has 1 atom stereocenters. The molecule has 1 aromatic heterocycles. The molecule has 0 aliphatic carbocycles. The summed E-state index contributed by atoms with van der Waals surface area (Å²) in [6.45, 7) is 12.1. The van der Waals surface area contributed by atoms with Crippen LogP contribution in [0.4, 0.5) is 0 Å². The lowest BCUT2D eigenvalue weighted by atomic mass is 10.0. The number of aromatic nitrogens is 1. The molecule has 1 saturated heterocycles. The highest BCUT2D eigenvalue weighted by atomic mass is 16.5. The lowest BCUT2D eigenvalue weighted by Crippen LogP contribution is -2.48. The van der Waals surface area contributed by atoms with E-state index in [9.17, 15) is 9.59 Å². The number of morpholine rings is 1. The van der Waals surface area contributed by atoms with Gasteiger partial charge < -0.3 is 14.6 Å². The molecule has 0 radical (unpaired) electrons. The Balaban J connectivity index is 1.91. The third-order valence-electron chi connectivity index (χ3n) is 5.83. The number of carbonyl (C=O) groups excluding carboxylic acids is 2. The second kappa shape index (κ2) is 10.0. The SMILES string of the molecule is CCc1c(C(=O)N(Cc2ccccc2)[C@H](C)CN2CCOCC2)[nH]c(C)c1C(C)=O. The smallest absolute Gasteiger partial charge is 0.271 e. The van der Waals surface area contributed by atoms with Crippen molar-refractivity contribution in [3.8, 4) is 0 Å². The molecule has 6 nitrogen and oxygen atoms in total. The zero-order valence-corrected chi connectivity index (χ0v) is 18.5. The fraction of sp³-hybridized carbons (Fsp3) is 0.500. The highest BCUT2D eigenvalue weighted by molar-refractivity contribution is 6.02. The minimum absolute atomic E-state index is 0.00405. The normalized spacial score (nSPS) is 15.7. The average Bonchev–Trinajstić information content (AvgIpc) is 3.09. The molecule has 1 amide bonds. The molecule has 1 aromatic carbocycles. The molecule has 30 heavy (non-hydrogen) atoms. The predicted octanol–water partition coefficient (Wildman–Crippen LogP) is 3.45. The van der Waals surface area contributed by atoms with E-state index >= 15 is 0 Å². The number of carbonyl (C=O) groups is 2. The zero-order valence-electron chi connectivity index (χ0n) is 18.5. The Morgan fingerprint density at radius 3 is 2.47 bits per heavy atom. The lowest BCUT2D eigenvalue weighted by molar-refractivity contribution is 0.0227. The first-order valence-electron chi connectivity index (χ1n) is 10.8. The van der Waals surface area contributed by atoms with E-state index in [4.69, 9.17) is 4.74 Å². The van der Waals surface area contributed by atoms with Crippen LogP contribution in [0.3, 0.4) is 0 Å². The molecular formula is C24H33N3O3. The molecule has 1 fully saturated rings. The summed E-state index contributed by atoms with van der Waals surface area (Å²) in [4.78, 5) is 33.4. The number of rotatable bonds is 8. The monoisotopic (exact) mass is 411 g/mol. The van der Waals surface area contributed by atoms with Crippen LogP contribution in [-0.2, 0) is 17.7 Å². The summed E-state index contributed by atoms with van der Waals surface area (Å²) in [6.07, 6.45) is 0.636. The third-order valence-corrected chi connectivity index (χ3v) is 5.83. The minimum Gasteiger partial charge on any atom is -0.379 e. The summed E-state index contributed by atoms with van der Waals surface area (Å²) < 4.78 is 5.46. The number of amides is 1. The Morgan fingerprint density at radius 1 is 1.20 bits per heavy atom. The molecule has 2 aromatic rings. The van der Waals surface area contributed by atoms with Gasteiger partial charge in [0.05, 0.1) is 13.2 Å². The average molecular weight is 412 g/mol. The molecule has 2 heterocycles. The van der Waals surface area contributed by atoms with Gasteiger partial charge in [0.2, 0.25) is 0 Å². The number of ether oxygens (including phenoxy) is 1. The van der Waals surface area contributed by atoms with E-state index in [0.29, 0.717) is 24.2 Å². The van der Waals surface area contributed by atoms with Gasteiger partial charge in [-0.3, -0.25) is 14.5 Å². The highest BCUT2D eigenvalue weighted by Crippen LogP contribution is 2.23. The fourth-order valence-electron chi connectivity index (χ4n) is 4.30. The lowest BCUT2D eigenvalue weighted by Gasteiger charge is -2.35. The van der Waals surface area contributed by atoms with Gasteiger partial charge >= 0.3 is 0 Å². The zero-order chi connectivity index (χ0) is 21.7. The van der Waals surface area contributed by atoms with Crippen LogP contribution in [0, 0.1) is 6.92 Å². The van der Waals surface area contributed by atoms with Crippen molar-refractivity contribution in [2.45, 2.75) is 46.7 Å². The van der Waals surface area contributed by atoms with Gasteiger partial charge in [-0.2, -0.15) is 0 Å². The van der Waals surface area contributed by atoms with E-state index < -0.39 is 0 Å². The summed E-state index contributed by atoms with van der Waals surface area (Å²) in [7, 11) is 0. The molecule has 0 saturated carbocycles. The quantitative estimate of drug-likeness (QED) is 0.676.